The Balaban J connectivity index is 1.79. The van der Waals surface area contributed by atoms with Gasteiger partial charge in [-0.15, -0.1) is 0 Å². The molecule has 0 spiro atoms. The third kappa shape index (κ3) is 6.15. The molecule has 1 aliphatic rings. The first-order chi connectivity index (χ1) is 15.8. The summed E-state index contributed by atoms with van der Waals surface area (Å²) >= 11 is 0. The average molecular weight is 456 g/mol. The van der Waals surface area contributed by atoms with Crippen molar-refractivity contribution < 1.29 is 33.7 Å². The first kappa shape index (κ1) is 23.9. The van der Waals surface area contributed by atoms with Crippen LogP contribution >= 0.6 is 0 Å². The first-order valence-corrected chi connectivity index (χ1v) is 10.7. The smallest absolute Gasteiger partial charge is 0.331 e. The second-order valence-electron chi connectivity index (χ2n) is 7.78. The van der Waals surface area contributed by atoms with E-state index in [0.717, 1.165) is 12.0 Å². The summed E-state index contributed by atoms with van der Waals surface area (Å²) in [4.78, 5) is 38.0. The predicted molar refractivity (Wildman–Crippen MR) is 121 cm³/mol. The van der Waals surface area contributed by atoms with Crippen LogP contribution in [-0.4, -0.2) is 49.8 Å². The SMILES string of the molecule is CCCOc1ccc(C(CC(=O)O)NC(=O)CN2CC(=O)Oc3ccc(C)cc32)cc1OC. The number of aliphatic carboxylic acids is 1. The summed E-state index contributed by atoms with van der Waals surface area (Å²) < 4.78 is 16.3. The number of methoxy groups -OCH3 is 1. The molecule has 0 aromatic heterocycles. The number of carbonyl (C=O) groups excluding carboxylic acids is 2. The van der Waals surface area contributed by atoms with Crippen molar-refractivity contribution in [1.82, 2.24) is 5.32 Å². The van der Waals surface area contributed by atoms with Crippen molar-refractivity contribution >= 4 is 23.5 Å². The highest BCUT2D eigenvalue weighted by atomic mass is 16.5. The summed E-state index contributed by atoms with van der Waals surface area (Å²) in [6.45, 7) is 4.20. The van der Waals surface area contributed by atoms with Gasteiger partial charge in [-0.1, -0.05) is 19.1 Å². The minimum Gasteiger partial charge on any atom is -0.493 e. The Kier molecular flexibility index (Phi) is 7.76. The Morgan fingerprint density at radius 2 is 2.00 bits per heavy atom. The maximum absolute atomic E-state index is 12.9. The fraction of sp³-hybridized carbons (Fsp3) is 0.375. The highest BCUT2D eigenvalue weighted by molar-refractivity contribution is 5.89. The van der Waals surface area contributed by atoms with E-state index in [0.29, 0.717) is 35.1 Å². The van der Waals surface area contributed by atoms with Crippen LogP contribution in [0, 0.1) is 6.92 Å². The molecule has 0 bridgehead atoms. The van der Waals surface area contributed by atoms with Crippen molar-refractivity contribution in [3.05, 3.63) is 47.5 Å². The Bertz CT molecular complexity index is 1040. The van der Waals surface area contributed by atoms with E-state index in [9.17, 15) is 19.5 Å². The number of fused-ring (bicyclic) bond motifs is 1. The lowest BCUT2D eigenvalue weighted by atomic mass is 10.0. The Morgan fingerprint density at radius 3 is 2.70 bits per heavy atom. The molecule has 176 valence electrons. The fourth-order valence-corrected chi connectivity index (χ4v) is 3.57. The van der Waals surface area contributed by atoms with Gasteiger partial charge < -0.3 is 29.5 Å². The first-order valence-electron chi connectivity index (χ1n) is 10.7. The fourth-order valence-electron chi connectivity index (χ4n) is 3.57. The number of nitrogens with zero attached hydrogens (tertiary/aromatic N) is 1. The summed E-state index contributed by atoms with van der Waals surface area (Å²) in [5.74, 6) is -0.564. The Hall–Kier alpha value is -3.75. The molecule has 33 heavy (non-hydrogen) atoms. The van der Waals surface area contributed by atoms with Crippen LogP contribution in [0.4, 0.5) is 5.69 Å². The van der Waals surface area contributed by atoms with Gasteiger partial charge in [0.15, 0.2) is 17.2 Å². The van der Waals surface area contributed by atoms with E-state index in [2.05, 4.69) is 5.32 Å². The van der Waals surface area contributed by atoms with Crippen LogP contribution in [0.25, 0.3) is 0 Å². The van der Waals surface area contributed by atoms with E-state index >= 15 is 0 Å². The Labute approximate surface area is 192 Å². The van der Waals surface area contributed by atoms with Crippen LogP contribution < -0.4 is 24.4 Å². The zero-order chi connectivity index (χ0) is 24.0. The van der Waals surface area contributed by atoms with Gasteiger partial charge in [0.2, 0.25) is 5.91 Å². The molecule has 0 radical (unpaired) electrons. The van der Waals surface area contributed by atoms with Crippen LogP contribution in [0.15, 0.2) is 36.4 Å². The van der Waals surface area contributed by atoms with E-state index in [1.165, 1.54) is 7.11 Å². The van der Waals surface area contributed by atoms with Crippen molar-refractivity contribution in [2.75, 3.05) is 31.7 Å². The number of benzene rings is 2. The van der Waals surface area contributed by atoms with Crippen molar-refractivity contribution in [3.63, 3.8) is 0 Å². The lowest BCUT2D eigenvalue weighted by Gasteiger charge is -2.30. The van der Waals surface area contributed by atoms with Crippen LogP contribution in [0.2, 0.25) is 0 Å². The summed E-state index contributed by atoms with van der Waals surface area (Å²) in [6.07, 6.45) is 0.511. The molecular formula is C24H28N2O7. The lowest BCUT2D eigenvalue weighted by Crippen LogP contribution is -2.44. The third-order valence-electron chi connectivity index (χ3n) is 5.10. The molecule has 0 saturated carbocycles. The number of aryl methyl sites for hydroxylation is 1. The molecular weight excluding hydrogens is 428 g/mol. The topological polar surface area (TPSA) is 114 Å². The van der Waals surface area contributed by atoms with Gasteiger partial charge in [-0.2, -0.15) is 0 Å². The van der Waals surface area contributed by atoms with Gasteiger partial charge in [-0.25, -0.2) is 4.79 Å². The van der Waals surface area contributed by atoms with E-state index in [1.54, 1.807) is 29.2 Å². The van der Waals surface area contributed by atoms with Gasteiger partial charge in [-0.05, 0) is 48.7 Å². The largest absolute Gasteiger partial charge is 0.493 e. The van der Waals surface area contributed by atoms with Crippen LogP contribution in [0.3, 0.4) is 0 Å². The summed E-state index contributed by atoms with van der Waals surface area (Å²) in [5.41, 5.74) is 2.16. The monoisotopic (exact) mass is 456 g/mol. The highest BCUT2D eigenvalue weighted by Crippen LogP contribution is 2.33. The van der Waals surface area contributed by atoms with E-state index in [-0.39, 0.29) is 19.5 Å². The van der Waals surface area contributed by atoms with Gasteiger partial charge >= 0.3 is 11.9 Å². The number of carboxylic acid groups (broad SMARTS) is 1. The number of ether oxygens (including phenoxy) is 3. The second kappa shape index (κ2) is 10.7. The summed E-state index contributed by atoms with van der Waals surface area (Å²) in [6, 6.07) is 9.62. The minimum absolute atomic E-state index is 0.0786. The molecule has 2 aromatic rings. The number of nitrogens with one attached hydrogen (secondary N) is 1. The number of amides is 1. The van der Waals surface area contributed by atoms with Crippen LogP contribution in [-0.2, 0) is 14.4 Å². The van der Waals surface area contributed by atoms with Gasteiger partial charge in [-0.3, -0.25) is 9.59 Å². The normalized spacial score (nSPS) is 13.5. The molecule has 9 nitrogen and oxygen atoms in total. The zero-order valence-electron chi connectivity index (χ0n) is 18.9. The maximum atomic E-state index is 12.9. The van der Waals surface area contributed by atoms with Gasteiger partial charge in [0.25, 0.3) is 0 Å². The number of hydrogen-bond donors (Lipinski definition) is 2. The molecule has 1 amide bonds. The third-order valence-corrected chi connectivity index (χ3v) is 5.10. The minimum atomic E-state index is -1.06. The molecule has 0 fully saturated rings. The molecule has 9 heteroatoms. The second-order valence-corrected chi connectivity index (χ2v) is 7.78. The molecule has 1 aliphatic heterocycles. The zero-order valence-corrected chi connectivity index (χ0v) is 18.9. The summed E-state index contributed by atoms with van der Waals surface area (Å²) in [7, 11) is 1.50. The summed E-state index contributed by atoms with van der Waals surface area (Å²) in [5, 5.41) is 12.2. The van der Waals surface area contributed by atoms with Crippen molar-refractivity contribution in [3.8, 4) is 17.2 Å². The molecule has 1 heterocycles. The average Bonchev–Trinajstić information content (AvgIpc) is 2.77. The van der Waals surface area contributed by atoms with Crippen LogP contribution in [0.1, 0.15) is 36.9 Å². The van der Waals surface area contributed by atoms with Gasteiger partial charge in [0.05, 0.1) is 38.4 Å². The molecule has 2 aromatic carbocycles. The molecule has 0 aliphatic carbocycles. The van der Waals surface area contributed by atoms with Gasteiger partial charge in [0.1, 0.15) is 6.54 Å². The highest BCUT2D eigenvalue weighted by Gasteiger charge is 2.27. The standard InChI is InChI=1S/C24H28N2O7/c1-4-9-32-20-8-6-16(11-21(20)31-3)17(12-23(28)29)25-22(27)13-26-14-24(30)33-19-7-5-15(2)10-18(19)26/h5-8,10-11,17H,4,9,12-14H2,1-3H3,(H,25,27)(H,28,29). The van der Waals surface area contributed by atoms with Crippen molar-refractivity contribution in [2.45, 2.75) is 32.7 Å². The molecule has 0 saturated heterocycles. The van der Waals surface area contributed by atoms with E-state index < -0.39 is 23.9 Å². The van der Waals surface area contributed by atoms with Crippen molar-refractivity contribution in [2.24, 2.45) is 0 Å². The van der Waals surface area contributed by atoms with Crippen molar-refractivity contribution in [1.29, 1.82) is 0 Å². The van der Waals surface area contributed by atoms with E-state index in [4.69, 9.17) is 14.2 Å². The van der Waals surface area contributed by atoms with Gasteiger partial charge in [0, 0.05) is 0 Å². The van der Waals surface area contributed by atoms with Crippen LogP contribution in [0.5, 0.6) is 17.2 Å². The number of hydrogen-bond acceptors (Lipinski definition) is 7. The lowest BCUT2D eigenvalue weighted by molar-refractivity contribution is -0.137. The molecule has 1 atom stereocenters. The molecule has 1 unspecified atom stereocenters. The quantitative estimate of drug-likeness (QED) is 0.414. The van der Waals surface area contributed by atoms with E-state index in [1.807, 2.05) is 26.0 Å². The predicted octanol–water partition coefficient (Wildman–Crippen LogP) is 2.85. The number of esters is 1. The maximum Gasteiger partial charge on any atom is 0.331 e. The number of anilines is 1. The molecule has 2 N–H and O–H groups in total. The Morgan fingerprint density at radius 1 is 1.21 bits per heavy atom. The number of rotatable bonds is 10. The number of carbonyl (C=O) groups is 3. The number of carboxylic acids is 1. The molecule has 3 rings (SSSR count).